The van der Waals surface area contributed by atoms with Crippen molar-refractivity contribution in [1.29, 1.82) is 0 Å². The molecule has 1 nitrogen and oxygen atoms in total. The summed E-state index contributed by atoms with van der Waals surface area (Å²) in [6, 6.07) is 22.6. The van der Waals surface area contributed by atoms with E-state index in [0.29, 0.717) is 0 Å². The molecule has 0 heterocycles. The van der Waals surface area contributed by atoms with Crippen LogP contribution in [0.3, 0.4) is 0 Å². The maximum Gasteiger partial charge on any atom is 0.0394 e. The largest absolute Gasteiger partial charge is 0.398 e. The van der Waals surface area contributed by atoms with Crippen molar-refractivity contribution in [3.63, 3.8) is 0 Å². The van der Waals surface area contributed by atoms with Crippen molar-refractivity contribution in [2.45, 2.75) is 0 Å². The zero-order valence-electron chi connectivity index (χ0n) is 10.6. The second-order valence-electron chi connectivity index (χ2n) is 4.57. The quantitative estimate of drug-likeness (QED) is 0.518. The normalized spacial score (nSPS) is 11.2. The van der Waals surface area contributed by atoms with Gasteiger partial charge in [-0.1, -0.05) is 66.7 Å². The van der Waals surface area contributed by atoms with Crippen LogP contribution in [-0.2, 0) is 0 Å². The Kier molecular flexibility index (Phi) is 3.03. The summed E-state index contributed by atoms with van der Waals surface area (Å²) in [5, 5.41) is 2.39. The summed E-state index contributed by atoms with van der Waals surface area (Å²) in [5.74, 6) is 0. The molecule has 0 bridgehead atoms. The molecule has 0 saturated heterocycles. The Morgan fingerprint density at radius 3 is 2.05 bits per heavy atom. The molecule has 0 fully saturated rings. The molecule has 0 unspecified atom stereocenters. The van der Waals surface area contributed by atoms with E-state index in [9.17, 15) is 0 Å². The number of rotatable bonds is 2. The molecule has 19 heavy (non-hydrogen) atoms. The minimum atomic E-state index is 0.811. The fourth-order valence-corrected chi connectivity index (χ4v) is 2.17. The Hall–Kier alpha value is -2.54. The topological polar surface area (TPSA) is 26.0 Å². The summed E-state index contributed by atoms with van der Waals surface area (Å²) in [4.78, 5) is 0. The molecule has 3 aromatic carbocycles. The lowest BCUT2D eigenvalue weighted by atomic mass is 10.0. The Morgan fingerprint density at radius 1 is 0.684 bits per heavy atom. The minimum absolute atomic E-state index is 0.811. The molecule has 0 amide bonds. The van der Waals surface area contributed by atoms with Gasteiger partial charge in [0.05, 0.1) is 0 Å². The number of hydrogen-bond acceptors (Lipinski definition) is 1. The Labute approximate surface area is 113 Å². The standard InChI is InChI=1S/C18H15N/c19-18-13-16-9-5-4-8-15(16)12-17(18)11-10-14-6-2-1-3-7-14/h1-13H,19H2. The lowest BCUT2D eigenvalue weighted by molar-refractivity contribution is 1.65. The molecule has 0 aliphatic rings. The molecule has 0 aromatic heterocycles. The highest BCUT2D eigenvalue weighted by Gasteiger charge is 1.98. The highest BCUT2D eigenvalue weighted by molar-refractivity contribution is 5.91. The second-order valence-corrected chi connectivity index (χ2v) is 4.57. The van der Waals surface area contributed by atoms with Gasteiger partial charge in [-0.2, -0.15) is 0 Å². The van der Waals surface area contributed by atoms with Crippen LogP contribution in [-0.4, -0.2) is 0 Å². The first-order valence-electron chi connectivity index (χ1n) is 6.34. The Balaban J connectivity index is 2.01. The third-order valence-corrected chi connectivity index (χ3v) is 3.21. The highest BCUT2D eigenvalue weighted by Crippen LogP contribution is 2.23. The predicted molar refractivity (Wildman–Crippen MR) is 83.7 cm³/mol. The molecule has 0 atom stereocenters. The molecule has 2 N–H and O–H groups in total. The smallest absolute Gasteiger partial charge is 0.0394 e. The maximum absolute atomic E-state index is 6.10. The molecule has 1 heteroatoms. The molecule has 92 valence electrons. The van der Waals surface area contributed by atoms with Gasteiger partial charge in [0.25, 0.3) is 0 Å². The minimum Gasteiger partial charge on any atom is -0.398 e. The van der Waals surface area contributed by atoms with Gasteiger partial charge in [0.15, 0.2) is 0 Å². The summed E-state index contributed by atoms with van der Waals surface area (Å²) >= 11 is 0. The van der Waals surface area contributed by atoms with Crippen LogP contribution in [0.4, 0.5) is 5.69 Å². The zero-order valence-corrected chi connectivity index (χ0v) is 10.6. The molecule has 0 aliphatic heterocycles. The summed E-state index contributed by atoms with van der Waals surface area (Å²) in [7, 11) is 0. The van der Waals surface area contributed by atoms with Crippen LogP contribution in [0.1, 0.15) is 11.1 Å². The van der Waals surface area contributed by atoms with Gasteiger partial charge in [0.2, 0.25) is 0 Å². The van der Waals surface area contributed by atoms with Gasteiger partial charge in [-0.15, -0.1) is 0 Å². The molecule has 0 radical (unpaired) electrons. The molecule has 0 aliphatic carbocycles. The number of hydrogen-bond donors (Lipinski definition) is 1. The first kappa shape index (κ1) is 11.5. The van der Waals surface area contributed by atoms with E-state index in [4.69, 9.17) is 5.73 Å². The zero-order chi connectivity index (χ0) is 13.1. The van der Waals surface area contributed by atoms with Gasteiger partial charge < -0.3 is 5.73 Å². The fourth-order valence-electron chi connectivity index (χ4n) is 2.17. The number of anilines is 1. The fraction of sp³-hybridized carbons (Fsp3) is 0. The number of benzene rings is 3. The third kappa shape index (κ3) is 2.50. The molecular weight excluding hydrogens is 230 g/mol. The summed E-state index contributed by atoms with van der Waals surface area (Å²) < 4.78 is 0. The van der Waals surface area contributed by atoms with Gasteiger partial charge in [0, 0.05) is 5.69 Å². The lowest BCUT2D eigenvalue weighted by Gasteiger charge is -2.04. The van der Waals surface area contributed by atoms with Crippen LogP contribution in [0.2, 0.25) is 0 Å². The summed E-state index contributed by atoms with van der Waals surface area (Å²) in [6.45, 7) is 0. The Morgan fingerprint density at radius 2 is 1.32 bits per heavy atom. The van der Waals surface area contributed by atoms with Crippen molar-refractivity contribution < 1.29 is 0 Å². The van der Waals surface area contributed by atoms with Gasteiger partial charge in [0.1, 0.15) is 0 Å². The first-order valence-corrected chi connectivity index (χ1v) is 6.34. The van der Waals surface area contributed by atoms with Crippen LogP contribution in [0.5, 0.6) is 0 Å². The molecule has 0 saturated carbocycles. The van der Waals surface area contributed by atoms with Crippen LogP contribution in [0.15, 0.2) is 66.7 Å². The monoisotopic (exact) mass is 245 g/mol. The Bertz CT molecular complexity index is 727. The van der Waals surface area contributed by atoms with Crippen molar-refractivity contribution in [2.75, 3.05) is 5.73 Å². The summed E-state index contributed by atoms with van der Waals surface area (Å²) in [6.07, 6.45) is 4.15. The van der Waals surface area contributed by atoms with Crippen molar-refractivity contribution in [2.24, 2.45) is 0 Å². The van der Waals surface area contributed by atoms with Crippen LogP contribution < -0.4 is 5.73 Å². The van der Waals surface area contributed by atoms with E-state index in [1.807, 2.05) is 36.4 Å². The maximum atomic E-state index is 6.10. The van der Waals surface area contributed by atoms with Gasteiger partial charge in [-0.3, -0.25) is 0 Å². The van der Waals surface area contributed by atoms with Crippen molar-refractivity contribution in [3.8, 4) is 0 Å². The van der Waals surface area contributed by atoms with Crippen LogP contribution in [0.25, 0.3) is 22.9 Å². The molecule has 0 spiro atoms. The third-order valence-electron chi connectivity index (χ3n) is 3.21. The van der Waals surface area contributed by atoms with Crippen molar-refractivity contribution in [1.82, 2.24) is 0 Å². The second kappa shape index (κ2) is 4.99. The average Bonchev–Trinajstić information content (AvgIpc) is 2.46. The van der Waals surface area contributed by atoms with Crippen molar-refractivity contribution in [3.05, 3.63) is 77.9 Å². The molecular formula is C18H15N. The number of nitrogen functional groups attached to an aromatic ring is 1. The average molecular weight is 245 g/mol. The van der Waals surface area contributed by atoms with E-state index < -0.39 is 0 Å². The molecule has 3 aromatic rings. The first-order chi connectivity index (χ1) is 9.33. The summed E-state index contributed by atoms with van der Waals surface area (Å²) in [5.41, 5.74) is 9.14. The van der Waals surface area contributed by atoms with E-state index in [-0.39, 0.29) is 0 Å². The number of fused-ring (bicyclic) bond motifs is 1. The van der Waals surface area contributed by atoms with E-state index in [1.54, 1.807) is 0 Å². The van der Waals surface area contributed by atoms with Crippen LogP contribution in [0, 0.1) is 0 Å². The van der Waals surface area contributed by atoms with E-state index in [0.717, 1.165) is 11.3 Å². The highest BCUT2D eigenvalue weighted by atomic mass is 14.6. The SMILES string of the molecule is Nc1cc2ccccc2cc1C=Cc1ccccc1. The lowest BCUT2D eigenvalue weighted by Crippen LogP contribution is -1.89. The van der Waals surface area contributed by atoms with E-state index in [1.165, 1.54) is 16.3 Å². The van der Waals surface area contributed by atoms with E-state index >= 15 is 0 Å². The van der Waals surface area contributed by atoms with Crippen molar-refractivity contribution >= 4 is 28.6 Å². The van der Waals surface area contributed by atoms with Crippen LogP contribution >= 0.6 is 0 Å². The molecule has 3 rings (SSSR count). The van der Waals surface area contributed by atoms with Gasteiger partial charge in [-0.05, 0) is 34.0 Å². The predicted octanol–water partition coefficient (Wildman–Crippen LogP) is 4.59. The van der Waals surface area contributed by atoms with E-state index in [2.05, 4.69) is 42.5 Å². The van der Waals surface area contributed by atoms with Gasteiger partial charge in [-0.25, -0.2) is 0 Å². The number of nitrogens with two attached hydrogens (primary N) is 1. The van der Waals surface area contributed by atoms with Gasteiger partial charge >= 0.3 is 0 Å².